The first-order chi connectivity index (χ1) is 5.61. The van der Waals surface area contributed by atoms with Gasteiger partial charge in [-0.1, -0.05) is 0 Å². The molecule has 0 saturated heterocycles. The molecule has 6 nitrogen and oxygen atoms in total. The highest BCUT2D eigenvalue weighted by molar-refractivity contribution is 5.83. The molecule has 4 N–H and O–H groups in total. The molecule has 0 aromatic carbocycles. The number of nitrogens with one attached hydrogen (secondary N) is 1. The van der Waals surface area contributed by atoms with Crippen molar-refractivity contribution in [2.24, 2.45) is 0 Å². The van der Waals surface area contributed by atoms with Crippen LogP contribution in [0, 0.1) is 0 Å². The molecule has 0 aliphatic heterocycles. The number of aliphatic carboxylic acids is 1. The summed E-state index contributed by atoms with van der Waals surface area (Å²) in [5, 5.41) is 27.1. The van der Waals surface area contributed by atoms with Crippen molar-refractivity contribution in [1.82, 2.24) is 5.32 Å². The van der Waals surface area contributed by atoms with Crippen molar-refractivity contribution >= 4 is 11.9 Å². The van der Waals surface area contributed by atoms with Crippen molar-refractivity contribution < 1.29 is 24.9 Å². The fourth-order valence-corrected chi connectivity index (χ4v) is 0.554. The molecule has 1 atom stereocenters. The van der Waals surface area contributed by atoms with E-state index in [1.165, 1.54) is 0 Å². The second-order valence-electron chi connectivity index (χ2n) is 2.11. The number of hydrogen-bond donors (Lipinski definition) is 4. The van der Waals surface area contributed by atoms with Gasteiger partial charge < -0.3 is 20.6 Å². The number of carbonyl (C=O) groups is 2. The van der Waals surface area contributed by atoms with Crippen LogP contribution in [-0.4, -0.2) is 46.5 Å². The van der Waals surface area contributed by atoms with Gasteiger partial charge in [0, 0.05) is 6.42 Å². The minimum absolute atomic E-state index is 0.163. The van der Waals surface area contributed by atoms with Crippen molar-refractivity contribution in [1.29, 1.82) is 0 Å². The maximum Gasteiger partial charge on any atom is 0.328 e. The normalized spacial score (nSPS) is 12.2. The van der Waals surface area contributed by atoms with Gasteiger partial charge in [0.2, 0.25) is 5.91 Å². The van der Waals surface area contributed by atoms with E-state index in [1.54, 1.807) is 0 Å². The summed E-state index contributed by atoms with van der Waals surface area (Å²) in [5.41, 5.74) is 0. The predicted octanol–water partition coefficient (Wildman–Crippen LogP) is -2.07. The second-order valence-corrected chi connectivity index (χ2v) is 2.11. The van der Waals surface area contributed by atoms with E-state index in [4.69, 9.17) is 15.3 Å². The number of aliphatic hydroxyl groups is 2. The Morgan fingerprint density at radius 3 is 2.25 bits per heavy atom. The van der Waals surface area contributed by atoms with Crippen molar-refractivity contribution in [3.8, 4) is 0 Å². The van der Waals surface area contributed by atoms with Crippen LogP contribution in [0.5, 0.6) is 0 Å². The number of carboxylic acid groups (broad SMARTS) is 1. The third kappa shape index (κ3) is 3.89. The summed E-state index contributed by atoms with van der Waals surface area (Å²) < 4.78 is 0. The fraction of sp³-hybridized carbons (Fsp3) is 0.667. The van der Waals surface area contributed by atoms with Gasteiger partial charge in [-0.2, -0.15) is 0 Å². The van der Waals surface area contributed by atoms with Crippen LogP contribution in [0.25, 0.3) is 0 Å². The van der Waals surface area contributed by atoms with E-state index in [2.05, 4.69) is 0 Å². The number of carboxylic acids is 1. The Hall–Kier alpha value is -1.14. The molecule has 0 rings (SSSR count). The average molecular weight is 177 g/mol. The lowest BCUT2D eigenvalue weighted by Crippen LogP contribution is -2.43. The van der Waals surface area contributed by atoms with Gasteiger partial charge in [0.05, 0.1) is 13.2 Å². The summed E-state index contributed by atoms with van der Waals surface area (Å²) in [6, 6.07) is -1.29. The molecule has 0 bridgehead atoms. The molecule has 0 radical (unpaired) electrons. The van der Waals surface area contributed by atoms with Crippen molar-refractivity contribution in [3.63, 3.8) is 0 Å². The lowest BCUT2D eigenvalue weighted by Gasteiger charge is -2.10. The number of hydrogen-bond acceptors (Lipinski definition) is 4. The zero-order valence-corrected chi connectivity index (χ0v) is 6.36. The molecule has 6 heteroatoms. The molecular formula is C6H11NO5. The third-order valence-electron chi connectivity index (χ3n) is 1.15. The van der Waals surface area contributed by atoms with E-state index < -0.39 is 24.5 Å². The van der Waals surface area contributed by atoms with E-state index in [1.807, 2.05) is 5.32 Å². The fourth-order valence-electron chi connectivity index (χ4n) is 0.554. The summed E-state index contributed by atoms with van der Waals surface area (Å²) in [6.07, 6.45) is -0.163. The Kier molecular flexibility index (Phi) is 4.98. The van der Waals surface area contributed by atoms with Crippen molar-refractivity contribution in [2.45, 2.75) is 12.5 Å². The monoisotopic (exact) mass is 177 g/mol. The van der Waals surface area contributed by atoms with Crippen LogP contribution < -0.4 is 5.32 Å². The quantitative estimate of drug-likeness (QED) is 0.386. The summed E-state index contributed by atoms with van der Waals surface area (Å²) in [5.74, 6) is -1.90. The molecule has 0 aromatic heterocycles. The van der Waals surface area contributed by atoms with Crippen LogP contribution in [0.3, 0.4) is 0 Å². The molecule has 0 fully saturated rings. The number of rotatable bonds is 5. The molecule has 0 aromatic rings. The van der Waals surface area contributed by atoms with Gasteiger partial charge in [-0.3, -0.25) is 4.79 Å². The van der Waals surface area contributed by atoms with E-state index in [0.29, 0.717) is 0 Å². The number of amides is 1. The van der Waals surface area contributed by atoms with E-state index in [-0.39, 0.29) is 13.0 Å². The maximum atomic E-state index is 10.7. The molecule has 12 heavy (non-hydrogen) atoms. The van der Waals surface area contributed by atoms with Crippen LogP contribution >= 0.6 is 0 Å². The Morgan fingerprint density at radius 2 is 1.92 bits per heavy atom. The largest absolute Gasteiger partial charge is 0.480 e. The predicted molar refractivity (Wildman–Crippen MR) is 38.4 cm³/mol. The first-order valence-corrected chi connectivity index (χ1v) is 3.35. The zero-order valence-electron chi connectivity index (χ0n) is 6.36. The van der Waals surface area contributed by atoms with Gasteiger partial charge in [0.1, 0.15) is 6.04 Å². The molecule has 0 aliphatic rings. The molecule has 1 amide bonds. The van der Waals surface area contributed by atoms with Crippen LogP contribution in [0.4, 0.5) is 0 Å². The molecule has 0 heterocycles. The topological polar surface area (TPSA) is 107 Å². The molecule has 70 valence electrons. The van der Waals surface area contributed by atoms with Gasteiger partial charge in [-0.25, -0.2) is 4.79 Å². The van der Waals surface area contributed by atoms with Crippen LogP contribution in [0.2, 0.25) is 0 Å². The van der Waals surface area contributed by atoms with Gasteiger partial charge in [0.15, 0.2) is 0 Å². The van der Waals surface area contributed by atoms with Crippen LogP contribution in [0.1, 0.15) is 6.42 Å². The minimum atomic E-state index is -1.30. The molecule has 0 unspecified atom stereocenters. The van der Waals surface area contributed by atoms with Gasteiger partial charge in [0.25, 0.3) is 0 Å². The van der Waals surface area contributed by atoms with Crippen molar-refractivity contribution in [2.75, 3.05) is 13.2 Å². The molecule has 0 aliphatic carbocycles. The summed E-state index contributed by atoms with van der Waals surface area (Å²) in [6.45, 7) is -1.00. The molecule has 0 saturated carbocycles. The van der Waals surface area contributed by atoms with E-state index in [9.17, 15) is 9.59 Å². The number of carbonyl (C=O) groups excluding carboxylic acids is 1. The highest BCUT2D eigenvalue weighted by atomic mass is 16.4. The maximum absolute atomic E-state index is 10.7. The first-order valence-electron chi connectivity index (χ1n) is 3.35. The summed E-state index contributed by atoms with van der Waals surface area (Å²) in [4.78, 5) is 20.9. The Bertz CT molecular complexity index is 169. The van der Waals surface area contributed by atoms with Crippen LogP contribution in [-0.2, 0) is 9.59 Å². The highest BCUT2D eigenvalue weighted by Crippen LogP contribution is 1.84. The smallest absolute Gasteiger partial charge is 0.328 e. The number of aliphatic hydroxyl groups excluding tert-OH is 2. The van der Waals surface area contributed by atoms with E-state index >= 15 is 0 Å². The lowest BCUT2D eigenvalue weighted by atomic mass is 10.3. The Labute approximate surface area is 68.8 Å². The van der Waals surface area contributed by atoms with Crippen molar-refractivity contribution in [3.05, 3.63) is 0 Å². The standard InChI is InChI=1S/C6H11NO5/c8-2-1-5(10)7-4(3-9)6(11)12/h4,8-9H,1-3H2,(H,7,10)(H,11,12)/t4-/m0/s1. The SMILES string of the molecule is O=C(CCO)N[C@@H](CO)C(=O)O. The zero-order chi connectivity index (χ0) is 9.56. The van der Waals surface area contributed by atoms with E-state index in [0.717, 1.165) is 0 Å². The highest BCUT2D eigenvalue weighted by Gasteiger charge is 2.17. The molecular weight excluding hydrogens is 166 g/mol. The second kappa shape index (κ2) is 5.50. The van der Waals surface area contributed by atoms with Crippen LogP contribution in [0.15, 0.2) is 0 Å². The lowest BCUT2D eigenvalue weighted by molar-refractivity contribution is -0.143. The molecule has 0 spiro atoms. The average Bonchev–Trinajstić information content (AvgIpc) is 2.00. The summed E-state index contributed by atoms with van der Waals surface area (Å²) in [7, 11) is 0. The third-order valence-corrected chi connectivity index (χ3v) is 1.15. The Morgan fingerprint density at radius 1 is 1.33 bits per heavy atom. The summed E-state index contributed by atoms with van der Waals surface area (Å²) >= 11 is 0. The first kappa shape index (κ1) is 10.9. The minimum Gasteiger partial charge on any atom is -0.480 e. The Balaban J connectivity index is 3.85. The van der Waals surface area contributed by atoms with Gasteiger partial charge >= 0.3 is 5.97 Å². The van der Waals surface area contributed by atoms with Gasteiger partial charge in [-0.15, -0.1) is 0 Å². The van der Waals surface area contributed by atoms with Gasteiger partial charge in [-0.05, 0) is 0 Å².